The molecule has 3 atom stereocenters. The number of hydrogen-bond acceptors (Lipinski definition) is 3. The Bertz CT molecular complexity index is 512. The fourth-order valence-corrected chi connectivity index (χ4v) is 3.55. The van der Waals surface area contributed by atoms with Crippen molar-refractivity contribution in [3.63, 3.8) is 0 Å². The van der Waals surface area contributed by atoms with Gasteiger partial charge in [-0.25, -0.2) is 14.7 Å². The van der Waals surface area contributed by atoms with Crippen molar-refractivity contribution in [3.05, 3.63) is 35.4 Å². The smallest absolute Gasteiger partial charge is 0.174 e. The maximum Gasteiger partial charge on any atom is 0.174 e. The first kappa shape index (κ1) is 14.1. The van der Waals surface area contributed by atoms with Crippen LogP contribution < -0.4 is 0 Å². The molecule has 2 bridgehead atoms. The highest BCUT2D eigenvalue weighted by Crippen LogP contribution is 2.54. The van der Waals surface area contributed by atoms with Crippen molar-refractivity contribution in [2.45, 2.75) is 65.5 Å². The first-order valence-electron chi connectivity index (χ1n) is 7.40. The van der Waals surface area contributed by atoms with Crippen LogP contribution in [0.2, 0.25) is 0 Å². The van der Waals surface area contributed by atoms with E-state index in [0.717, 1.165) is 0 Å². The Hall–Kier alpha value is -0.900. The molecule has 1 aromatic carbocycles. The second-order valence-corrected chi connectivity index (χ2v) is 7.99. The molecule has 0 aliphatic carbocycles. The van der Waals surface area contributed by atoms with Crippen LogP contribution in [-0.2, 0) is 9.78 Å². The summed E-state index contributed by atoms with van der Waals surface area (Å²) < 4.78 is 0. The van der Waals surface area contributed by atoms with E-state index in [0.29, 0.717) is 5.92 Å². The van der Waals surface area contributed by atoms with Crippen molar-refractivity contribution in [1.29, 1.82) is 0 Å². The van der Waals surface area contributed by atoms with Crippen LogP contribution in [0.25, 0.3) is 0 Å². The van der Waals surface area contributed by atoms with Crippen LogP contribution in [0.4, 0.5) is 0 Å². The number of fused-ring (bicyclic) bond motifs is 4. The highest BCUT2D eigenvalue weighted by molar-refractivity contribution is 5.37. The Labute approximate surface area is 121 Å². The summed E-state index contributed by atoms with van der Waals surface area (Å²) in [5.74, 6) is 0.302. The van der Waals surface area contributed by atoms with Crippen molar-refractivity contribution in [1.82, 2.24) is 4.90 Å². The lowest BCUT2D eigenvalue weighted by Crippen LogP contribution is -2.53. The van der Waals surface area contributed by atoms with Gasteiger partial charge in [-0.05, 0) is 31.7 Å². The Morgan fingerprint density at radius 3 is 2.05 bits per heavy atom. The van der Waals surface area contributed by atoms with Crippen molar-refractivity contribution in [2.24, 2.45) is 5.41 Å². The molecule has 0 N–H and O–H groups in total. The van der Waals surface area contributed by atoms with Gasteiger partial charge in [0.2, 0.25) is 0 Å². The van der Waals surface area contributed by atoms with Crippen LogP contribution in [0.3, 0.4) is 0 Å². The van der Waals surface area contributed by atoms with Gasteiger partial charge in [-0.3, -0.25) is 0 Å². The standard InChI is InChI=1S/C17H25NO2/c1-16(2,3)13-11-9-7-8-10-12(11)14-18(17(4,5)6)15(13)20-19-14/h7-10,13-15H,1-6H3. The van der Waals surface area contributed by atoms with Crippen LogP contribution in [0.1, 0.15) is 64.8 Å². The summed E-state index contributed by atoms with van der Waals surface area (Å²) in [6.45, 7) is 13.5. The Kier molecular flexibility index (Phi) is 3.02. The van der Waals surface area contributed by atoms with Gasteiger partial charge >= 0.3 is 0 Å². The highest BCUT2D eigenvalue weighted by atomic mass is 17.2. The molecular formula is C17H25NO2. The number of hydrogen-bond donors (Lipinski definition) is 0. The Morgan fingerprint density at radius 1 is 0.900 bits per heavy atom. The molecule has 3 heteroatoms. The summed E-state index contributed by atoms with van der Waals surface area (Å²) in [6, 6.07) is 8.59. The zero-order valence-corrected chi connectivity index (χ0v) is 13.3. The molecule has 110 valence electrons. The lowest BCUT2D eigenvalue weighted by atomic mass is 9.71. The van der Waals surface area contributed by atoms with Crippen LogP contribution in [0, 0.1) is 5.41 Å². The van der Waals surface area contributed by atoms with Gasteiger partial charge in [-0.1, -0.05) is 45.0 Å². The predicted molar refractivity (Wildman–Crippen MR) is 78.9 cm³/mol. The van der Waals surface area contributed by atoms with E-state index in [4.69, 9.17) is 9.78 Å². The largest absolute Gasteiger partial charge is 0.238 e. The molecule has 3 rings (SSSR count). The summed E-state index contributed by atoms with van der Waals surface area (Å²) in [5, 5.41) is 0. The second-order valence-electron chi connectivity index (χ2n) is 7.99. The van der Waals surface area contributed by atoms with E-state index in [1.165, 1.54) is 11.1 Å². The second kappa shape index (κ2) is 4.30. The average molecular weight is 275 g/mol. The van der Waals surface area contributed by atoms with E-state index < -0.39 is 0 Å². The lowest BCUT2D eigenvalue weighted by Gasteiger charge is -2.47. The van der Waals surface area contributed by atoms with Crippen molar-refractivity contribution in [3.8, 4) is 0 Å². The summed E-state index contributed by atoms with van der Waals surface area (Å²) in [4.78, 5) is 13.8. The van der Waals surface area contributed by atoms with E-state index in [-0.39, 0.29) is 23.4 Å². The molecule has 0 spiro atoms. The third kappa shape index (κ3) is 2.00. The molecule has 20 heavy (non-hydrogen) atoms. The van der Waals surface area contributed by atoms with Gasteiger partial charge in [0.15, 0.2) is 12.5 Å². The van der Waals surface area contributed by atoms with Gasteiger partial charge in [0.05, 0.1) is 0 Å². The molecule has 2 heterocycles. The third-order valence-electron chi connectivity index (χ3n) is 4.36. The van der Waals surface area contributed by atoms with Gasteiger partial charge < -0.3 is 0 Å². The molecule has 0 saturated carbocycles. The van der Waals surface area contributed by atoms with Gasteiger partial charge in [0.25, 0.3) is 0 Å². The Morgan fingerprint density at radius 2 is 1.50 bits per heavy atom. The molecule has 0 aromatic heterocycles. The van der Waals surface area contributed by atoms with E-state index in [9.17, 15) is 0 Å². The summed E-state index contributed by atoms with van der Waals surface area (Å²) >= 11 is 0. The molecule has 1 fully saturated rings. The van der Waals surface area contributed by atoms with Crippen molar-refractivity contribution in [2.75, 3.05) is 0 Å². The summed E-state index contributed by atoms with van der Waals surface area (Å²) in [5.41, 5.74) is 2.73. The fraction of sp³-hybridized carbons (Fsp3) is 0.647. The minimum Gasteiger partial charge on any atom is -0.238 e. The van der Waals surface area contributed by atoms with Crippen LogP contribution >= 0.6 is 0 Å². The lowest BCUT2D eigenvalue weighted by molar-refractivity contribution is -0.300. The van der Waals surface area contributed by atoms with Gasteiger partial charge in [-0.2, -0.15) is 0 Å². The van der Waals surface area contributed by atoms with Crippen LogP contribution in [0.15, 0.2) is 24.3 Å². The van der Waals surface area contributed by atoms with Gasteiger partial charge in [0, 0.05) is 17.0 Å². The molecule has 0 radical (unpaired) electrons. The summed E-state index contributed by atoms with van der Waals surface area (Å²) in [7, 11) is 0. The van der Waals surface area contributed by atoms with Crippen LogP contribution in [0.5, 0.6) is 0 Å². The van der Waals surface area contributed by atoms with E-state index in [1.807, 2.05) is 0 Å². The Balaban J connectivity index is 2.18. The maximum absolute atomic E-state index is 5.76. The summed E-state index contributed by atoms with van der Waals surface area (Å²) in [6.07, 6.45) is -0.107. The first-order chi connectivity index (χ1) is 9.21. The number of nitrogens with zero attached hydrogens (tertiary/aromatic N) is 1. The van der Waals surface area contributed by atoms with E-state index in [2.05, 4.69) is 70.7 Å². The van der Waals surface area contributed by atoms with Gasteiger partial charge in [-0.15, -0.1) is 0 Å². The SMILES string of the molecule is CC(C)(C)C1c2ccccc2C2OOC1N2C(C)(C)C. The zero-order chi connectivity index (χ0) is 14.7. The zero-order valence-electron chi connectivity index (χ0n) is 13.3. The minimum absolute atomic E-state index is 0.00284. The van der Waals surface area contributed by atoms with E-state index >= 15 is 0 Å². The normalized spacial score (nSPS) is 30.4. The van der Waals surface area contributed by atoms with Crippen molar-refractivity contribution < 1.29 is 9.78 Å². The average Bonchev–Trinajstić information content (AvgIpc) is 2.66. The van der Waals surface area contributed by atoms with Gasteiger partial charge in [0.1, 0.15) is 0 Å². The topological polar surface area (TPSA) is 21.7 Å². The molecule has 1 aromatic rings. The molecule has 2 aliphatic heterocycles. The highest BCUT2D eigenvalue weighted by Gasteiger charge is 2.55. The molecule has 2 aliphatic rings. The molecule has 1 saturated heterocycles. The third-order valence-corrected chi connectivity index (χ3v) is 4.36. The van der Waals surface area contributed by atoms with Crippen molar-refractivity contribution >= 4 is 0 Å². The quantitative estimate of drug-likeness (QED) is 0.662. The minimum atomic E-state index is -0.0881. The fourth-order valence-electron chi connectivity index (χ4n) is 3.55. The molecule has 3 unspecified atom stereocenters. The van der Waals surface area contributed by atoms with Crippen LogP contribution in [-0.4, -0.2) is 16.7 Å². The predicted octanol–water partition coefficient (Wildman–Crippen LogP) is 4.22. The maximum atomic E-state index is 5.76. The monoisotopic (exact) mass is 275 g/mol. The number of benzene rings is 1. The molecule has 3 nitrogen and oxygen atoms in total. The first-order valence-corrected chi connectivity index (χ1v) is 7.40. The molecular weight excluding hydrogens is 250 g/mol. The molecule has 0 amide bonds. The van der Waals surface area contributed by atoms with E-state index in [1.54, 1.807) is 0 Å². The number of rotatable bonds is 0.